The minimum absolute atomic E-state index is 0.0800. The molecular formula is C11H12ClNO4. The van der Waals surface area contributed by atoms with Crippen LogP contribution in [0.15, 0.2) is 18.2 Å². The van der Waals surface area contributed by atoms with Gasteiger partial charge in [-0.25, -0.2) is 0 Å². The van der Waals surface area contributed by atoms with E-state index >= 15 is 0 Å². The molecule has 0 unspecified atom stereocenters. The molecule has 1 aromatic rings. The summed E-state index contributed by atoms with van der Waals surface area (Å²) in [6.45, 7) is 0.146. The average Bonchev–Trinajstić information content (AvgIpc) is 2.28. The largest absolute Gasteiger partial charge is 0.507 e. The molecule has 6 heteroatoms. The zero-order valence-corrected chi connectivity index (χ0v) is 9.95. The number of aromatic hydroxyl groups is 1. The number of nitrogens with one attached hydrogen (secondary N) is 1. The first-order valence-electron chi connectivity index (χ1n) is 4.88. The first-order chi connectivity index (χ1) is 8.04. The van der Waals surface area contributed by atoms with Gasteiger partial charge in [-0.3, -0.25) is 9.59 Å². The Morgan fingerprint density at radius 2 is 2.18 bits per heavy atom. The molecule has 0 bridgehead atoms. The number of phenolic OH excluding ortho intramolecular Hbond substituents is 1. The molecule has 5 nitrogen and oxygen atoms in total. The van der Waals surface area contributed by atoms with E-state index in [1.165, 1.54) is 25.3 Å². The molecule has 0 heterocycles. The molecule has 0 fully saturated rings. The lowest BCUT2D eigenvalue weighted by Crippen LogP contribution is -2.26. The average molecular weight is 258 g/mol. The van der Waals surface area contributed by atoms with Gasteiger partial charge in [0.1, 0.15) is 5.75 Å². The van der Waals surface area contributed by atoms with Gasteiger partial charge >= 0.3 is 5.97 Å². The molecule has 1 rings (SSSR count). The monoisotopic (exact) mass is 257 g/mol. The Balaban J connectivity index is 2.55. The molecule has 0 aliphatic heterocycles. The quantitative estimate of drug-likeness (QED) is 0.798. The second kappa shape index (κ2) is 6.10. The van der Waals surface area contributed by atoms with Crippen molar-refractivity contribution in [3.8, 4) is 5.75 Å². The van der Waals surface area contributed by atoms with Crippen LogP contribution in [0.4, 0.5) is 0 Å². The van der Waals surface area contributed by atoms with E-state index in [2.05, 4.69) is 10.1 Å². The second-order valence-electron chi connectivity index (χ2n) is 3.24. The van der Waals surface area contributed by atoms with Gasteiger partial charge in [-0.15, -0.1) is 0 Å². The van der Waals surface area contributed by atoms with E-state index in [-0.39, 0.29) is 24.3 Å². The smallest absolute Gasteiger partial charge is 0.307 e. The minimum atomic E-state index is -0.469. The lowest BCUT2D eigenvalue weighted by molar-refractivity contribution is -0.140. The van der Waals surface area contributed by atoms with E-state index in [9.17, 15) is 14.7 Å². The van der Waals surface area contributed by atoms with Gasteiger partial charge in [0.05, 0.1) is 19.1 Å². The van der Waals surface area contributed by atoms with Crippen molar-refractivity contribution in [2.24, 2.45) is 0 Å². The molecular weight excluding hydrogens is 246 g/mol. The summed E-state index contributed by atoms with van der Waals surface area (Å²) in [6.07, 6.45) is 0.0800. The molecule has 2 N–H and O–H groups in total. The highest BCUT2D eigenvalue weighted by Crippen LogP contribution is 2.21. The maximum absolute atomic E-state index is 11.6. The van der Waals surface area contributed by atoms with Gasteiger partial charge in [0.2, 0.25) is 0 Å². The number of phenols is 1. The maximum atomic E-state index is 11.6. The summed E-state index contributed by atoms with van der Waals surface area (Å²) < 4.78 is 4.42. The van der Waals surface area contributed by atoms with Crippen molar-refractivity contribution in [1.29, 1.82) is 0 Å². The Hall–Kier alpha value is -1.75. The molecule has 1 amide bonds. The van der Waals surface area contributed by atoms with E-state index < -0.39 is 11.9 Å². The molecule has 0 radical (unpaired) electrons. The van der Waals surface area contributed by atoms with Crippen molar-refractivity contribution in [2.45, 2.75) is 6.42 Å². The highest BCUT2D eigenvalue weighted by Gasteiger charge is 2.11. The highest BCUT2D eigenvalue weighted by molar-refractivity contribution is 6.30. The van der Waals surface area contributed by atoms with Crippen LogP contribution in [0.25, 0.3) is 0 Å². The van der Waals surface area contributed by atoms with Crippen LogP contribution >= 0.6 is 11.6 Å². The van der Waals surface area contributed by atoms with Gasteiger partial charge in [-0.05, 0) is 18.2 Å². The van der Waals surface area contributed by atoms with Crippen LogP contribution in [0.1, 0.15) is 16.8 Å². The van der Waals surface area contributed by atoms with E-state index in [0.29, 0.717) is 5.02 Å². The Kier molecular flexibility index (Phi) is 4.78. The fraction of sp³-hybridized carbons (Fsp3) is 0.273. The third kappa shape index (κ3) is 3.96. The van der Waals surface area contributed by atoms with Crippen molar-refractivity contribution in [3.05, 3.63) is 28.8 Å². The number of hydrogen-bond acceptors (Lipinski definition) is 4. The van der Waals surface area contributed by atoms with Crippen LogP contribution in [0.2, 0.25) is 5.02 Å². The molecule has 0 aromatic heterocycles. The van der Waals surface area contributed by atoms with E-state index in [0.717, 1.165) is 0 Å². The summed E-state index contributed by atoms with van der Waals surface area (Å²) in [7, 11) is 1.27. The zero-order chi connectivity index (χ0) is 12.8. The summed E-state index contributed by atoms with van der Waals surface area (Å²) in [5.74, 6) is -1.08. The topological polar surface area (TPSA) is 75.6 Å². The van der Waals surface area contributed by atoms with Gasteiger partial charge in [0.25, 0.3) is 5.91 Å². The molecule has 0 aliphatic rings. The predicted octanol–water partition coefficient (Wildman–Crippen LogP) is 1.34. The summed E-state index contributed by atoms with van der Waals surface area (Å²) >= 11 is 5.63. The van der Waals surface area contributed by atoms with Gasteiger partial charge in [0.15, 0.2) is 0 Å². The fourth-order valence-corrected chi connectivity index (χ4v) is 1.34. The Morgan fingerprint density at radius 1 is 1.47 bits per heavy atom. The maximum Gasteiger partial charge on any atom is 0.307 e. The number of carbonyl (C=O) groups is 2. The van der Waals surface area contributed by atoms with Crippen molar-refractivity contribution < 1.29 is 19.4 Å². The van der Waals surface area contributed by atoms with E-state index in [4.69, 9.17) is 11.6 Å². The third-order valence-electron chi connectivity index (χ3n) is 2.05. The number of hydrogen-bond donors (Lipinski definition) is 2. The van der Waals surface area contributed by atoms with Gasteiger partial charge in [-0.1, -0.05) is 11.6 Å². The molecule has 0 atom stereocenters. The highest BCUT2D eigenvalue weighted by atomic mass is 35.5. The number of ether oxygens (including phenoxy) is 1. The molecule has 92 valence electrons. The third-order valence-corrected chi connectivity index (χ3v) is 2.28. The van der Waals surface area contributed by atoms with E-state index in [1.807, 2.05) is 0 Å². The van der Waals surface area contributed by atoms with E-state index in [1.54, 1.807) is 0 Å². The lowest BCUT2D eigenvalue weighted by atomic mass is 10.2. The molecule has 0 spiro atoms. The number of rotatable bonds is 4. The summed E-state index contributed by atoms with van der Waals surface area (Å²) in [4.78, 5) is 22.4. The Labute approximate surface area is 103 Å². The molecule has 0 saturated heterocycles. The Morgan fingerprint density at radius 3 is 2.76 bits per heavy atom. The number of halogens is 1. The van der Waals surface area contributed by atoms with Gasteiger partial charge in [-0.2, -0.15) is 0 Å². The van der Waals surface area contributed by atoms with Crippen LogP contribution in [0.3, 0.4) is 0 Å². The van der Waals surface area contributed by atoms with Crippen LogP contribution in [-0.2, 0) is 9.53 Å². The second-order valence-corrected chi connectivity index (χ2v) is 3.68. The van der Waals surface area contributed by atoms with Gasteiger partial charge in [0, 0.05) is 11.6 Å². The Bertz CT molecular complexity index is 433. The summed E-state index contributed by atoms with van der Waals surface area (Å²) in [5, 5.41) is 12.3. The number of benzene rings is 1. The first-order valence-corrected chi connectivity index (χ1v) is 5.26. The number of amides is 1. The van der Waals surface area contributed by atoms with Crippen LogP contribution < -0.4 is 5.32 Å². The van der Waals surface area contributed by atoms with Crippen LogP contribution in [-0.4, -0.2) is 30.6 Å². The normalized spacial score (nSPS) is 9.76. The lowest BCUT2D eigenvalue weighted by Gasteiger charge is -2.06. The SMILES string of the molecule is COC(=O)CCNC(=O)c1ccc(Cl)cc1O. The van der Waals surface area contributed by atoms with Crippen LogP contribution in [0.5, 0.6) is 5.75 Å². The molecule has 0 aliphatic carbocycles. The summed E-state index contributed by atoms with van der Waals surface area (Å²) in [5.41, 5.74) is 0.110. The number of methoxy groups -OCH3 is 1. The zero-order valence-electron chi connectivity index (χ0n) is 9.20. The first kappa shape index (κ1) is 13.3. The fourth-order valence-electron chi connectivity index (χ4n) is 1.17. The van der Waals surface area contributed by atoms with Crippen molar-refractivity contribution in [3.63, 3.8) is 0 Å². The predicted molar refractivity (Wildman–Crippen MR) is 62.1 cm³/mol. The van der Waals surface area contributed by atoms with Crippen molar-refractivity contribution in [1.82, 2.24) is 5.32 Å². The molecule has 0 saturated carbocycles. The van der Waals surface area contributed by atoms with Gasteiger partial charge < -0.3 is 15.2 Å². The van der Waals surface area contributed by atoms with Crippen LogP contribution in [0, 0.1) is 0 Å². The molecule has 17 heavy (non-hydrogen) atoms. The standard InChI is InChI=1S/C11H12ClNO4/c1-17-10(15)4-5-13-11(16)8-3-2-7(12)6-9(8)14/h2-3,6,14H,4-5H2,1H3,(H,13,16). The van der Waals surface area contributed by atoms with Crippen molar-refractivity contribution >= 4 is 23.5 Å². The number of esters is 1. The minimum Gasteiger partial charge on any atom is -0.507 e. The summed E-state index contributed by atoms with van der Waals surface area (Å²) in [6, 6.07) is 4.18. The molecule has 1 aromatic carbocycles. The van der Waals surface area contributed by atoms with Crippen molar-refractivity contribution in [2.75, 3.05) is 13.7 Å². The number of carbonyl (C=O) groups excluding carboxylic acids is 2.